The lowest BCUT2D eigenvalue weighted by Gasteiger charge is -2.25. The summed E-state index contributed by atoms with van der Waals surface area (Å²) >= 11 is 0. The van der Waals surface area contributed by atoms with Gasteiger partial charge in [0.2, 0.25) is 5.82 Å². The molecule has 1 fully saturated rings. The van der Waals surface area contributed by atoms with Gasteiger partial charge >= 0.3 is 5.82 Å². The number of pyridine rings is 1. The summed E-state index contributed by atoms with van der Waals surface area (Å²) in [6.45, 7) is 3.47. The summed E-state index contributed by atoms with van der Waals surface area (Å²) in [5.74, 6) is 0.594. The van der Waals surface area contributed by atoms with Gasteiger partial charge in [-0.25, -0.2) is 0 Å². The minimum absolute atomic E-state index is 0.0916. The summed E-state index contributed by atoms with van der Waals surface area (Å²) in [4.78, 5) is 16.1. The molecule has 0 spiro atoms. The van der Waals surface area contributed by atoms with E-state index in [2.05, 4.69) is 10.3 Å². The lowest BCUT2D eigenvalue weighted by Crippen LogP contribution is -2.43. The van der Waals surface area contributed by atoms with Crippen molar-refractivity contribution in [3.63, 3.8) is 0 Å². The highest BCUT2D eigenvalue weighted by Crippen LogP contribution is 2.15. The Morgan fingerprint density at radius 3 is 2.80 bits per heavy atom. The Morgan fingerprint density at radius 1 is 1.40 bits per heavy atom. The van der Waals surface area contributed by atoms with Crippen molar-refractivity contribution in [3.8, 4) is 0 Å². The molecule has 0 unspecified atom stereocenters. The number of rotatable bonds is 2. The van der Waals surface area contributed by atoms with E-state index in [1.807, 2.05) is 4.90 Å². The molecule has 15 heavy (non-hydrogen) atoms. The van der Waals surface area contributed by atoms with E-state index in [1.165, 1.54) is 6.07 Å². The first-order chi connectivity index (χ1) is 7.27. The number of nitro groups is 1. The van der Waals surface area contributed by atoms with Crippen LogP contribution in [0.25, 0.3) is 0 Å². The third kappa shape index (κ3) is 2.21. The maximum absolute atomic E-state index is 10.5. The lowest BCUT2D eigenvalue weighted by atomic mass is 10.3. The zero-order valence-electron chi connectivity index (χ0n) is 8.22. The van der Waals surface area contributed by atoms with Crippen LogP contribution in [0.1, 0.15) is 0 Å². The number of anilines is 1. The molecule has 0 amide bonds. The van der Waals surface area contributed by atoms with E-state index in [-0.39, 0.29) is 5.82 Å². The average Bonchev–Trinajstić information content (AvgIpc) is 2.30. The molecule has 2 rings (SSSR count). The van der Waals surface area contributed by atoms with Crippen LogP contribution in [0.5, 0.6) is 0 Å². The Kier molecular flexibility index (Phi) is 2.77. The summed E-state index contributed by atoms with van der Waals surface area (Å²) in [6.07, 6.45) is 0. The van der Waals surface area contributed by atoms with Gasteiger partial charge in [0, 0.05) is 38.3 Å². The normalized spacial score (nSPS) is 16.4. The molecule has 1 aliphatic rings. The van der Waals surface area contributed by atoms with Crippen molar-refractivity contribution in [2.75, 3.05) is 31.1 Å². The van der Waals surface area contributed by atoms with E-state index >= 15 is 0 Å². The zero-order chi connectivity index (χ0) is 10.7. The monoisotopic (exact) mass is 208 g/mol. The Morgan fingerprint density at radius 2 is 2.13 bits per heavy atom. The first kappa shape index (κ1) is 9.85. The molecule has 1 saturated heterocycles. The first-order valence-electron chi connectivity index (χ1n) is 4.84. The van der Waals surface area contributed by atoms with Crippen LogP contribution < -0.4 is 10.2 Å². The SMILES string of the molecule is O=[N+]([O-])c1cccc(N2CCNCC2)n1. The van der Waals surface area contributed by atoms with E-state index in [0.717, 1.165) is 26.2 Å². The summed E-state index contributed by atoms with van der Waals surface area (Å²) in [6, 6.07) is 4.88. The maximum atomic E-state index is 10.5. The smallest absolute Gasteiger partial charge is 0.358 e. The van der Waals surface area contributed by atoms with E-state index in [4.69, 9.17) is 0 Å². The molecule has 1 aromatic heterocycles. The van der Waals surface area contributed by atoms with Crippen molar-refractivity contribution in [2.24, 2.45) is 0 Å². The van der Waals surface area contributed by atoms with Crippen molar-refractivity contribution >= 4 is 11.6 Å². The van der Waals surface area contributed by atoms with Gasteiger partial charge < -0.3 is 20.3 Å². The predicted molar refractivity (Wildman–Crippen MR) is 56.0 cm³/mol. The molecule has 1 aromatic rings. The van der Waals surface area contributed by atoms with Gasteiger partial charge in [-0.05, 0) is 16.0 Å². The average molecular weight is 208 g/mol. The molecule has 6 heteroatoms. The zero-order valence-corrected chi connectivity index (χ0v) is 8.22. The molecule has 0 aliphatic carbocycles. The molecular weight excluding hydrogens is 196 g/mol. The number of nitrogens with zero attached hydrogens (tertiary/aromatic N) is 3. The summed E-state index contributed by atoms with van der Waals surface area (Å²) in [7, 11) is 0. The highest BCUT2D eigenvalue weighted by molar-refractivity contribution is 5.42. The van der Waals surface area contributed by atoms with Gasteiger partial charge in [0.1, 0.15) is 0 Å². The van der Waals surface area contributed by atoms with Crippen LogP contribution in [-0.4, -0.2) is 36.1 Å². The van der Waals surface area contributed by atoms with Crippen molar-refractivity contribution in [2.45, 2.75) is 0 Å². The second-order valence-electron chi connectivity index (χ2n) is 3.35. The van der Waals surface area contributed by atoms with Gasteiger partial charge in [0.05, 0.1) is 0 Å². The standard InChI is InChI=1S/C9H12N4O2/c14-13(15)9-3-1-2-8(11-9)12-6-4-10-5-7-12/h1-3,10H,4-7H2. The first-order valence-corrected chi connectivity index (χ1v) is 4.84. The molecule has 0 saturated carbocycles. The molecule has 0 atom stereocenters. The molecule has 1 aliphatic heterocycles. The van der Waals surface area contributed by atoms with E-state index < -0.39 is 4.92 Å². The fourth-order valence-electron chi connectivity index (χ4n) is 1.58. The van der Waals surface area contributed by atoms with Crippen molar-refractivity contribution < 1.29 is 4.92 Å². The van der Waals surface area contributed by atoms with Crippen LogP contribution in [0, 0.1) is 10.1 Å². The topological polar surface area (TPSA) is 71.3 Å². The fourth-order valence-corrected chi connectivity index (χ4v) is 1.58. The molecule has 0 radical (unpaired) electrons. The Hall–Kier alpha value is -1.69. The predicted octanol–water partition coefficient (Wildman–Crippen LogP) is 0.399. The van der Waals surface area contributed by atoms with Crippen molar-refractivity contribution in [1.29, 1.82) is 0 Å². The minimum Gasteiger partial charge on any atom is -0.358 e. The van der Waals surface area contributed by atoms with Gasteiger partial charge in [-0.2, -0.15) is 0 Å². The highest BCUT2D eigenvalue weighted by Gasteiger charge is 2.17. The third-order valence-corrected chi connectivity index (χ3v) is 2.35. The largest absolute Gasteiger partial charge is 0.365 e. The molecule has 2 heterocycles. The van der Waals surface area contributed by atoms with E-state index in [1.54, 1.807) is 12.1 Å². The minimum atomic E-state index is -0.467. The fraction of sp³-hybridized carbons (Fsp3) is 0.444. The number of hydrogen-bond acceptors (Lipinski definition) is 5. The van der Waals surface area contributed by atoms with Crippen LogP contribution in [0.3, 0.4) is 0 Å². The molecule has 1 N–H and O–H groups in total. The lowest BCUT2D eigenvalue weighted by molar-refractivity contribution is -0.389. The van der Waals surface area contributed by atoms with Gasteiger partial charge in [-0.15, -0.1) is 0 Å². The van der Waals surface area contributed by atoms with Gasteiger partial charge in [-0.3, -0.25) is 0 Å². The summed E-state index contributed by atoms with van der Waals surface area (Å²) in [5, 5.41) is 13.8. The molecule has 6 nitrogen and oxygen atoms in total. The Labute approximate surface area is 87.1 Å². The van der Waals surface area contributed by atoms with Gasteiger partial charge in [0.15, 0.2) is 0 Å². The third-order valence-electron chi connectivity index (χ3n) is 2.35. The van der Waals surface area contributed by atoms with Crippen LogP contribution in [-0.2, 0) is 0 Å². The number of aromatic nitrogens is 1. The van der Waals surface area contributed by atoms with Crippen LogP contribution >= 0.6 is 0 Å². The second kappa shape index (κ2) is 4.22. The maximum Gasteiger partial charge on any atom is 0.365 e. The molecule has 0 aromatic carbocycles. The highest BCUT2D eigenvalue weighted by atomic mass is 16.6. The van der Waals surface area contributed by atoms with Crippen molar-refractivity contribution in [3.05, 3.63) is 28.3 Å². The van der Waals surface area contributed by atoms with Crippen LogP contribution in [0.2, 0.25) is 0 Å². The molecule has 0 bridgehead atoms. The van der Waals surface area contributed by atoms with Gasteiger partial charge in [-0.1, -0.05) is 0 Å². The second-order valence-corrected chi connectivity index (χ2v) is 3.35. The van der Waals surface area contributed by atoms with E-state index in [0.29, 0.717) is 5.82 Å². The number of piperazine rings is 1. The number of hydrogen-bond donors (Lipinski definition) is 1. The van der Waals surface area contributed by atoms with E-state index in [9.17, 15) is 10.1 Å². The number of nitrogens with one attached hydrogen (secondary N) is 1. The molecule has 80 valence electrons. The summed E-state index contributed by atoms with van der Waals surface area (Å²) < 4.78 is 0. The summed E-state index contributed by atoms with van der Waals surface area (Å²) in [5.41, 5.74) is 0. The Bertz CT molecular complexity index is 363. The Balaban J connectivity index is 2.19. The quantitative estimate of drug-likeness (QED) is 0.562. The molecular formula is C9H12N4O2. The van der Waals surface area contributed by atoms with Gasteiger partial charge in [0.25, 0.3) is 0 Å². The van der Waals surface area contributed by atoms with Crippen LogP contribution in [0.4, 0.5) is 11.6 Å². The van der Waals surface area contributed by atoms with Crippen molar-refractivity contribution in [1.82, 2.24) is 10.3 Å². The van der Waals surface area contributed by atoms with Crippen LogP contribution in [0.15, 0.2) is 18.2 Å².